The fourth-order valence-electron chi connectivity index (χ4n) is 1.73. The molecule has 0 aliphatic carbocycles. The van der Waals surface area contributed by atoms with Gasteiger partial charge in [0.15, 0.2) is 5.69 Å². The quantitative estimate of drug-likeness (QED) is 0.898. The number of hydrogen-bond donors (Lipinski definition) is 1. The van der Waals surface area contributed by atoms with Crippen LogP contribution in [0.15, 0.2) is 6.20 Å². The molecule has 0 fully saturated rings. The number of hydrogen-bond acceptors (Lipinski definition) is 3. The summed E-state index contributed by atoms with van der Waals surface area (Å²) in [4.78, 5) is 23.8. The highest BCUT2D eigenvalue weighted by Crippen LogP contribution is 2.31. The van der Waals surface area contributed by atoms with Crippen LogP contribution in [-0.2, 0) is 17.5 Å². The van der Waals surface area contributed by atoms with E-state index in [0.717, 1.165) is 15.8 Å². The number of carbonyl (C=O) groups excluding carboxylic acids is 1. The Hall–Kier alpha value is -2.06. The van der Waals surface area contributed by atoms with E-state index in [1.54, 1.807) is 6.92 Å². The summed E-state index contributed by atoms with van der Waals surface area (Å²) in [6.07, 6.45) is -3.72. The summed E-state index contributed by atoms with van der Waals surface area (Å²) in [6.45, 7) is 2.96. The summed E-state index contributed by atoms with van der Waals surface area (Å²) in [5.74, 6) is -2.92. The van der Waals surface area contributed by atoms with Crippen molar-refractivity contribution in [3.63, 3.8) is 0 Å². The molecule has 1 unspecified atom stereocenters. The van der Waals surface area contributed by atoms with E-state index in [1.165, 1.54) is 14.0 Å². The van der Waals surface area contributed by atoms with E-state index in [9.17, 15) is 22.8 Å². The highest BCUT2D eigenvalue weighted by Gasteiger charge is 2.39. The van der Waals surface area contributed by atoms with E-state index >= 15 is 0 Å². The Balaban J connectivity index is 3.06. The van der Waals surface area contributed by atoms with Gasteiger partial charge in [0.25, 0.3) is 5.91 Å². The summed E-state index contributed by atoms with van der Waals surface area (Å²) in [5, 5.41) is 12.1. The SMILES string of the molecule is CCn1cc(C(=O)N(C)CC(C)C(=O)O)c(C(F)(F)F)n1. The molecule has 0 bridgehead atoms. The van der Waals surface area contributed by atoms with Gasteiger partial charge in [-0.2, -0.15) is 18.3 Å². The number of aromatic nitrogens is 2. The van der Waals surface area contributed by atoms with Crippen LogP contribution in [0.4, 0.5) is 13.2 Å². The van der Waals surface area contributed by atoms with Crippen LogP contribution in [0.5, 0.6) is 0 Å². The van der Waals surface area contributed by atoms with Gasteiger partial charge in [0.05, 0.1) is 11.5 Å². The number of aryl methyl sites for hydroxylation is 1. The first-order valence-electron chi connectivity index (χ1n) is 6.20. The molecular formula is C12H16F3N3O3. The Kier molecular flexibility index (Phi) is 4.97. The second-order valence-corrected chi connectivity index (χ2v) is 4.67. The number of carboxylic acid groups (broad SMARTS) is 1. The van der Waals surface area contributed by atoms with Crippen molar-refractivity contribution in [1.29, 1.82) is 0 Å². The van der Waals surface area contributed by atoms with E-state index < -0.39 is 35.2 Å². The number of amides is 1. The molecule has 21 heavy (non-hydrogen) atoms. The zero-order chi connectivity index (χ0) is 16.4. The molecule has 1 heterocycles. The lowest BCUT2D eigenvalue weighted by Gasteiger charge is -2.19. The zero-order valence-corrected chi connectivity index (χ0v) is 11.8. The molecule has 0 radical (unpaired) electrons. The van der Waals surface area contributed by atoms with Crippen molar-refractivity contribution < 1.29 is 27.9 Å². The summed E-state index contributed by atoms with van der Waals surface area (Å²) >= 11 is 0. The van der Waals surface area contributed by atoms with Gasteiger partial charge in [-0.25, -0.2) is 0 Å². The molecule has 118 valence electrons. The minimum absolute atomic E-state index is 0.186. The molecule has 1 rings (SSSR count). The van der Waals surface area contributed by atoms with Gasteiger partial charge < -0.3 is 10.0 Å². The van der Waals surface area contributed by atoms with E-state index in [2.05, 4.69) is 5.10 Å². The monoisotopic (exact) mass is 307 g/mol. The second kappa shape index (κ2) is 6.15. The van der Waals surface area contributed by atoms with E-state index in [1.807, 2.05) is 0 Å². The molecule has 1 aromatic rings. The third-order valence-corrected chi connectivity index (χ3v) is 2.90. The first kappa shape index (κ1) is 17.0. The number of rotatable bonds is 5. The summed E-state index contributed by atoms with van der Waals surface area (Å²) in [6, 6.07) is 0. The molecule has 0 aromatic carbocycles. The Morgan fingerprint density at radius 2 is 2.05 bits per heavy atom. The van der Waals surface area contributed by atoms with Crippen LogP contribution >= 0.6 is 0 Å². The van der Waals surface area contributed by atoms with Crippen LogP contribution in [0.2, 0.25) is 0 Å². The smallest absolute Gasteiger partial charge is 0.435 e. The van der Waals surface area contributed by atoms with Crippen LogP contribution < -0.4 is 0 Å². The van der Waals surface area contributed by atoms with Crippen LogP contribution in [0.1, 0.15) is 29.9 Å². The fourth-order valence-corrected chi connectivity index (χ4v) is 1.73. The minimum Gasteiger partial charge on any atom is -0.481 e. The van der Waals surface area contributed by atoms with Crippen molar-refractivity contribution in [1.82, 2.24) is 14.7 Å². The first-order chi connectivity index (χ1) is 9.57. The van der Waals surface area contributed by atoms with Crippen molar-refractivity contribution in [3.05, 3.63) is 17.5 Å². The molecule has 0 aliphatic heterocycles. The van der Waals surface area contributed by atoms with E-state index in [4.69, 9.17) is 5.11 Å². The number of aliphatic carboxylic acids is 1. The van der Waals surface area contributed by atoms with Crippen molar-refractivity contribution in [3.8, 4) is 0 Å². The lowest BCUT2D eigenvalue weighted by Crippen LogP contribution is -2.34. The minimum atomic E-state index is -4.75. The van der Waals surface area contributed by atoms with Crippen molar-refractivity contribution in [2.45, 2.75) is 26.6 Å². The summed E-state index contributed by atoms with van der Waals surface area (Å²) < 4.78 is 39.6. The molecule has 0 aliphatic rings. The molecule has 1 N–H and O–H groups in total. The van der Waals surface area contributed by atoms with Crippen molar-refractivity contribution >= 4 is 11.9 Å². The van der Waals surface area contributed by atoms with Gasteiger partial charge in [-0.15, -0.1) is 0 Å². The Bertz CT molecular complexity index is 540. The maximum atomic E-state index is 12.9. The largest absolute Gasteiger partial charge is 0.481 e. The van der Waals surface area contributed by atoms with Gasteiger partial charge in [0, 0.05) is 26.3 Å². The topological polar surface area (TPSA) is 75.4 Å². The van der Waals surface area contributed by atoms with Gasteiger partial charge in [0.2, 0.25) is 0 Å². The van der Waals surface area contributed by atoms with Gasteiger partial charge in [-0.3, -0.25) is 14.3 Å². The number of carbonyl (C=O) groups is 2. The highest BCUT2D eigenvalue weighted by atomic mass is 19.4. The fraction of sp³-hybridized carbons (Fsp3) is 0.583. The van der Waals surface area contributed by atoms with Gasteiger partial charge in [0.1, 0.15) is 0 Å². The Morgan fingerprint density at radius 3 is 2.48 bits per heavy atom. The lowest BCUT2D eigenvalue weighted by molar-refractivity contribution is -0.143. The Labute approximate surface area is 119 Å². The maximum absolute atomic E-state index is 12.9. The van der Waals surface area contributed by atoms with Crippen molar-refractivity contribution in [2.24, 2.45) is 5.92 Å². The maximum Gasteiger partial charge on any atom is 0.435 e. The lowest BCUT2D eigenvalue weighted by atomic mass is 10.1. The van der Waals surface area contributed by atoms with Crippen LogP contribution in [0.25, 0.3) is 0 Å². The number of carboxylic acids is 1. The number of halogens is 3. The average molecular weight is 307 g/mol. The zero-order valence-electron chi connectivity index (χ0n) is 11.8. The molecular weight excluding hydrogens is 291 g/mol. The predicted octanol–water partition coefficient (Wildman–Crippen LogP) is 1.71. The normalized spacial score (nSPS) is 13.0. The van der Waals surface area contributed by atoms with Gasteiger partial charge in [-0.1, -0.05) is 6.92 Å². The molecule has 0 saturated carbocycles. The Morgan fingerprint density at radius 1 is 1.48 bits per heavy atom. The second-order valence-electron chi connectivity index (χ2n) is 4.67. The predicted molar refractivity (Wildman–Crippen MR) is 66.7 cm³/mol. The van der Waals surface area contributed by atoms with Gasteiger partial charge >= 0.3 is 12.1 Å². The van der Waals surface area contributed by atoms with Crippen LogP contribution in [0.3, 0.4) is 0 Å². The molecule has 9 heteroatoms. The third kappa shape index (κ3) is 3.96. The molecule has 1 atom stereocenters. The van der Waals surface area contributed by atoms with Crippen LogP contribution in [-0.4, -0.2) is 45.3 Å². The molecule has 1 aromatic heterocycles. The van der Waals surface area contributed by atoms with Gasteiger partial charge in [-0.05, 0) is 6.92 Å². The first-order valence-corrected chi connectivity index (χ1v) is 6.20. The molecule has 1 amide bonds. The molecule has 6 nitrogen and oxygen atoms in total. The third-order valence-electron chi connectivity index (χ3n) is 2.90. The molecule has 0 saturated heterocycles. The van der Waals surface area contributed by atoms with E-state index in [-0.39, 0.29) is 13.1 Å². The molecule has 0 spiro atoms. The summed E-state index contributed by atoms with van der Waals surface area (Å²) in [7, 11) is 1.26. The number of alkyl halides is 3. The van der Waals surface area contributed by atoms with Crippen LogP contribution in [0, 0.1) is 5.92 Å². The standard InChI is InChI=1S/C12H16F3N3O3/c1-4-18-6-8(9(16-18)12(13,14)15)10(19)17(3)5-7(2)11(20)21/h6-7H,4-5H2,1-3H3,(H,20,21). The van der Waals surface area contributed by atoms with Crippen molar-refractivity contribution in [2.75, 3.05) is 13.6 Å². The number of nitrogens with zero attached hydrogens (tertiary/aromatic N) is 3. The van der Waals surface area contributed by atoms with E-state index in [0.29, 0.717) is 0 Å². The average Bonchev–Trinajstić information content (AvgIpc) is 2.81. The highest BCUT2D eigenvalue weighted by molar-refractivity contribution is 5.95. The summed E-state index contributed by atoms with van der Waals surface area (Å²) in [5.41, 5.74) is -1.84.